The normalized spacial score (nSPS) is 10.7. The fraction of sp³-hybridized carbons (Fsp3) is 0.467. The molecular weight excluding hydrogens is 243 g/mol. The zero-order valence-corrected chi connectivity index (χ0v) is 11.4. The molecule has 0 amide bonds. The van der Waals surface area contributed by atoms with Gasteiger partial charge in [-0.15, -0.1) is 0 Å². The van der Waals surface area contributed by atoms with Gasteiger partial charge in [0, 0.05) is 25.1 Å². The highest BCUT2D eigenvalue weighted by molar-refractivity contribution is 5.97. The van der Waals surface area contributed by atoms with E-state index >= 15 is 0 Å². The van der Waals surface area contributed by atoms with Crippen LogP contribution in [0.3, 0.4) is 0 Å². The Morgan fingerprint density at radius 1 is 1.47 bits per heavy atom. The van der Waals surface area contributed by atoms with E-state index in [9.17, 15) is 9.18 Å². The zero-order chi connectivity index (χ0) is 14.3. The maximum Gasteiger partial charge on any atom is 0.176 e. The van der Waals surface area contributed by atoms with Gasteiger partial charge in [-0.1, -0.05) is 26.0 Å². The summed E-state index contributed by atoms with van der Waals surface area (Å²) < 4.78 is 13.1. The SMILES string of the molecule is CC(C)CN(CCC#N)CC(=O)c1cccc(F)c1. The molecule has 0 saturated carbocycles. The Kier molecular flexibility index (Phi) is 6.17. The van der Waals surface area contributed by atoms with Crippen LogP contribution in [0.15, 0.2) is 24.3 Å². The molecule has 0 aromatic heterocycles. The highest BCUT2D eigenvalue weighted by atomic mass is 19.1. The number of halogens is 1. The lowest BCUT2D eigenvalue weighted by molar-refractivity contribution is 0.0923. The first-order valence-electron chi connectivity index (χ1n) is 6.41. The van der Waals surface area contributed by atoms with E-state index in [1.165, 1.54) is 18.2 Å². The first-order chi connectivity index (χ1) is 9.02. The van der Waals surface area contributed by atoms with E-state index in [1.54, 1.807) is 6.07 Å². The van der Waals surface area contributed by atoms with Gasteiger partial charge in [-0.3, -0.25) is 9.69 Å². The second-order valence-corrected chi connectivity index (χ2v) is 4.97. The first-order valence-corrected chi connectivity index (χ1v) is 6.41. The van der Waals surface area contributed by atoms with Crippen LogP contribution in [-0.2, 0) is 0 Å². The van der Waals surface area contributed by atoms with Crippen molar-refractivity contribution in [1.29, 1.82) is 5.26 Å². The summed E-state index contributed by atoms with van der Waals surface area (Å²) >= 11 is 0. The third-order valence-corrected chi connectivity index (χ3v) is 2.68. The molecule has 0 unspecified atom stereocenters. The highest BCUT2D eigenvalue weighted by Gasteiger charge is 2.14. The van der Waals surface area contributed by atoms with Crippen LogP contribution in [0.2, 0.25) is 0 Å². The lowest BCUT2D eigenvalue weighted by atomic mass is 10.1. The molecule has 0 spiro atoms. The number of carbonyl (C=O) groups excluding carboxylic acids is 1. The van der Waals surface area contributed by atoms with Gasteiger partial charge >= 0.3 is 0 Å². The van der Waals surface area contributed by atoms with E-state index in [-0.39, 0.29) is 12.3 Å². The molecule has 1 aromatic rings. The largest absolute Gasteiger partial charge is 0.295 e. The van der Waals surface area contributed by atoms with Crippen LogP contribution in [0.4, 0.5) is 4.39 Å². The average molecular weight is 262 g/mol. The van der Waals surface area contributed by atoms with E-state index in [4.69, 9.17) is 5.26 Å². The molecular formula is C15H19FN2O. The Morgan fingerprint density at radius 2 is 2.21 bits per heavy atom. The molecule has 4 heteroatoms. The average Bonchev–Trinajstić information content (AvgIpc) is 2.35. The van der Waals surface area contributed by atoms with Crippen molar-refractivity contribution in [2.24, 2.45) is 5.92 Å². The van der Waals surface area contributed by atoms with Crippen molar-refractivity contribution >= 4 is 5.78 Å². The van der Waals surface area contributed by atoms with Gasteiger partial charge in [0.05, 0.1) is 12.6 Å². The molecule has 0 bridgehead atoms. The van der Waals surface area contributed by atoms with Gasteiger partial charge in [0.25, 0.3) is 0 Å². The second kappa shape index (κ2) is 7.65. The van der Waals surface area contributed by atoms with Crippen molar-refractivity contribution in [3.05, 3.63) is 35.6 Å². The summed E-state index contributed by atoms with van der Waals surface area (Å²) in [5.41, 5.74) is 0.380. The molecule has 0 saturated heterocycles. The highest BCUT2D eigenvalue weighted by Crippen LogP contribution is 2.07. The number of Topliss-reactive ketones (excluding diaryl/α,β-unsaturated/α-hetero) is 1. The quantitative estimate of drug-likeness (QED) is 0.710. The van der Waals surface area contributed by atoms with Gasteiger partial charge in [-0.05, 0) is 18.1 Å². The molecule has 0 aliphatic heterocycles. The zero-order valence-electron chi connectivity index (χ0n) is 11.4. The molecule has 0 radical (unpaired) electrons. The Hall–Kier alpha value is -1.73. The minimum absolute atomic E-state index is 0.113. The topological polar surface area (TPSA) is 44.1 Å². The molecule has 0 fully saturated rings. The lowest BCUT2D eigenvalue weighted by Gasteiger charge is -2.22. The van der Waals surface area contributed by atoms with Crippen LogP contribution in [-0.4, -0.2) is 30.3 Å². The smallest absolute Gasteiger partial charge is 0.176 e. The molecule has 0 aliphatic carbocycles. The standard InChI is InChI=1S/C15H19FN2O/c1-12(2)10-18(8-4-7-17)11-15(19)13-5-3-6-14(16)9-13/h3,5-6,9,12H,4,8,10-11H2,1-2H3. The molecule has 0 atom stereocenters. The van der Waals surface area contributed by atoms with E-state index in [2.05, 4.69) is 19.9 Å². The predicted octanol–water partition coefficient (Wildman–Crippen LogP) is 2.88. The summed E-state index contributed by atoms with van der Waals surface area (Å²) in [6.45, 7) is 5.67. The number of hydrogen-bond acceptors (Lipinski definition) is 3. The summed E-state index contributed by atoms with van der Waals surface area (Å²) in [6, 6.07) is 7.80. The van der Waals surface area contributed by atoms with Crippen LogP contribution < -0.4 is 0 Å². The third kappa shape index (κ3) is 5.62. The number of nitrogens with zero attached hydrogens (tertiary/aromatic N) is 2. The van der Waals surface area contributed by atoms with Gasteiger partial charge < -0.3 is 0 Å². The van der Waals surface area contributed by atoms with E-state index in [0.717, 1.165) is 6.54 Å². The summed E-state index contributed by atoms with van der Waals surface area (Å²) in [4.78, 5) is 14.0. The fourth-order valence-electron chi connectivity index (χ4n) is 1.92. The van der Waals surface area contributed by atoms with Crippen molar-refractivity contribution in [2.75, 3.05) is 19.6 Å². The van der Waals surface area contributed by atoms with Gasteiger partial charge in [0.15, 0.2) is 5.78 Å². The molecule has 0 aliphatic rings. The number of ketones is 1. The monoisotopic (exact) mass is 262 g/mol. The van der Waals surface area contributed by atoms with Crippen molar-refractivity contribution in [3.8, 4) is 6.07 Å². The lowest BCUT2D eigenvalue weighted by Crippen LogP contribution is -2.33. The number of nitriles is 1. The number of carbonyl (C=O) groups is 1. The van der Waals surface area contributed by atoms with E-state index in [1.807, 2.05) is 4.90 Å². The number of rotatable bonds is 7. The van der Waals surface area contributed by atoms with Crippen LogP contribution >= 0.6 is 0 Å². The molecule has 3 nitrogen and oxygen atoms in total. The molecule has 1 rings (SSSR count). The summed E-state index contributed by atoms with van der Waals surface area (Å²) in [5.74, 6) is -0.102. The van der Waals surface area contributed by atoms with Crippen molar-refractivity contribution in [3.63, 3.8) is 0 Å². The van der Waals surface area contributed by atoms with Gasteiger partial charge in [-0.25, -0.2) is 4.39 Å². The Labute approximate surface area is 113 Å². The molecule has 0 heterocycles. The van der Waals surface area contributed by atoms with Crippen LogP contribution in [0.5, 0.6) is 0 Å². The van der Waals surface area contributed by atoms with Gasteiger partial charge in [-0.2, -0.15) is 5.26 Å². The third-order valence-electron chi connectivity index (χ3n) is 2.68. The van der Waals surface area contributed by atoms with E-state index in [0.29, 0.717) is 24.4 Å². The summed E-state index contributed by atoms with van der Waals surface area (Å²) in [5, 5.41) is 8.63. The maximum absolute atomic E-state index is 13.1. The van der Waals surface area contributed by atoms with Gasteiger partial charge in [0.1, 0.15) is 5.82 Å². The predicted molar refractivity (Wildman–Crippen MR) is 72.2 cm³/mol. The van der Waals surface area contributed by atoms with Crippen molar-refractivity contribution in [1.82, 2.24) is 4.90 Å². The van der Waals surface area contributed by atoms with Gasteiger partial charge in [0.2, 0.25) is 0 Å². The summed E-state index contributed by atoms with van der Waals surface area (Å²) in [6.07, 6.45) is 0.392. The molecule has 0 N–H and O–H groups in total. The number of benzene rings is 1. The van der Waals surface area contributed by atoms with Crippen LogP contribution in [0, 0.1) is 23.1 Å². The number of hydrogen-bond donors (Lipinski definition) is 0. The van der Waals surface area contributed by atoms with Crippen molar-refractivity contribution in [2.45, 2.75) is 20.3 Å². The Morgan fingerprint density at radius 3 is 2.79 bits per heavy atom. The fourth-order valence-corrected chi connectivity index (χ4v) is 1.92. The Balaban J connectivity index is 2.67. The second-order valence-electron chi connectivity index (χ2n) is 4.97. The van der Waals surface area contributed by atoms with Crippen LogP contribution in [0.1, 0.15) is 30.6 Å². The Bertz CT molecular complexity index is 465. The minimum Gasteiger partial charge on any atom is -0.295 e. The van der Waals surface area contributed by atoms with Crippen molar-refractivity contribution < 1.29 is 9.18 Å². The van der Waals surface area contributed by atoms with E-state index < -0.39 is 5.82 Å². The molecule has 102 valence electrons. The maximum atomic E-state index is 13.1. The molecule has 19 heavy (non-hydrogen) atoms. The minimum atomic E-state index is -0.404. The molecule has 1 aromatic carbocycles. The summed E-state index contributed by atoms with van der Waals surface area (Å²) in [7, 11) is 0. The first kappa shape index (κ1) is 15.3. The van der Waals surface area contributed by atoms with Crippen LogP contribution in [0.25, 0.3) is 0 Å².